The highest BCUT2D eigenvalue weighted by atomic mass is 16.4. The van der Waals surface area contributed by atoms with Gasteiger partial charge >= 0.3 is 5.97 Å². The number of carboxylic acid groups (broad SMARTS) is 1. The number of carbonyl (C=O) groups is 2. The highest BCUT2D eigenvalue weighted by Gasteiger charge is 2.26. The Kier molecular flexibility index (Phi) is 7.75. The van der Waals surface area contributed by atoms with Gasteiger partial charge in [-0.1, -0.05) is 74.4 Å². The first-order chi connectivity index (χ1) is 13.4. The SMILES string of the molecule is CCCC[C@H](NC(=O)[C@@H](Cc1ccc(C(=N)N)cc1)c1ccccc1)C(=O)O. The van der Waals surface area contributed by atoms with Gasteiger partial charge in [0.15, 0.2) is 0 Å². The van der Waals surface area contributed by atoms with E-state index in [1.54, 1.807) is 12.1 Å². The van der Waals surface area contributed by atoms with Gasteiger partial charge in [0.2, 0.25) is 5.91 Å². The summed E-state index contributed by atoms with van der Waals surface area (Å²) in [4.78, 5) is 24.5. The summed E-state index contributed by atoms with van der Waals surface area (Å²) in [5.74, 6) is -1.83. The largest absolute Gasteiger partial charge is 0.480 e. The Morgan fingerprint density at radius 2 is 1.75 bits per heavy atom. The third kappa shape index (κ3) is 5.94. The zero-order chi connectivity index (χ0) is 20.5. The molecule has 28 heavy (non-hydrogen) atoms. The van der Waals surface area contributed by atoms with E-state index in [2.05, 4.69) is 5.32 Å². The molecule has 6 nitrogen and oxygen atoms in total. The molecule has 0 fully saturated rings. The van der Waals surface area contributed by atoms with E-state index in [0.29, 0.717) is 18.4 Å². The lowest BCUT2D eigenvalue weighted by Crippen LogP contribution is -2.43. The molecule has 0 aromatic heterocycles. The standard InChI is InChI=1S/C22H27N3O3/c1-2-3-9-19(22(27)28)25-21(26)18(16-7-5-4-6-8-16)14-15-10-12-17(13-11-15)20(23)24/h4-8,10-13,18-19H,2-3,9,14H2,1H3,(H3,23,24)(H,25,26)(H,27,28)/t18-,19-/m0/s1. The molecule has 0 saturated heterocycles. The van der Waals surface area contributed by atoms with Gasteiger partial charge in [-0.15, -0.1) is 0 Å². The van der Waals surface area contributed by atoms with E-state index in [1.807, 2.05) is 49.4 Å². The molecule has 2 rings (SSSR count). The molecule has 0 unspecified atom stereocenters. The summed E-state index contributed by atoms with van der Waals surface area (Å²) in [5.41, 5.74) is 7.85. The molecule has 2 aromatic carbocycles. The van der Waals surface area contributed by atoms with Crippen LogP contribution in [0.3, 0.4) is 0 Å². The molecule has 2 aromatic rings. The van der Waals surface area contributed by atoms with E-state index in [0.717, 1.165) is 24.0 Å². The summed E-state index contributed by atoms with van der Waals surface area (Å²) in [6.07, 6.45) is 2.44. The van der Waals surface area contributed by atoms with Crippen LogP contribution in [0.5, 0.6) is 0 Å². The Balaban J connectivity index is 2.22. The zero-order valence-corrected chi connectivity index (χ0v) is 16.0. The second-order valence-electron chi connectivity index (χ2n) is 6.82. The number of unbranched alkanes of at least 4 members (excludes halogenated alkanes) is 1. The van der Waals surface area contributed by atoms with Crippen molar-refractivity contribution >= 4 is 17.7 Å². The molecule has 148 valence electrons. The molecular weight excluding hydrogens is 354 g/mol. The van der Waals surface area contributed by atoms with Crippen LogP contribution < -0.4 is 11.1 Å². The fraction of sp³-hybridized carbons (Fsp3) is 0.318. The van der Waals surface area contributed by atoms with Crippen LogP contribution in [-0.2, 0) is 16.0 Å². The van der Waals surface area contributed by atoms with Gasteiger partial charge in [0.05, 0.1) is 5.92 Å². The molecule has 0 heterocycles. The molecule has 5 N–H and O–H groups in total. The van der Waals surface area contributed by atoms with Crippen molar-refractivity contribution in [3.05, 3.63) is 71.3 Å². The minimum absolute atomic E-state index is 0.0101. The second-order valence-corrected chi connectivity index (χ2v) is 6.82. The lowest BCUT2D eigenvalue weighted by Gasteiger charge is -2.21. The van der Waals surface area contributed by atoms with Crippen molar-refractivity contribution in [1.82, 2.24) is 5.32 Å². The molecule has 1 amide bonds. The fourth-order valence-corrected chi connectivity index (χ4v) is 3.04. The number of carboxylic acids is 1. The van der Waals surface area contributed by atoms with Crippen molar-refractivity contribution in [2.24, 2.45) is 5.73 Å². The Hall–Kier alpha value is -3.15. The van der Waals surface area contributed by atoms with Crippen molar-refractivity contribution in [3.8, 4) is 0 Å². The van der Waals surface area contributed by atoms with Crippen molar-refractivity contribution in [2.45, 2.75) is 44.6 Å². The van der Waals surface area contributed by atoms with Gasteiger partial charge in [0.1, 0.15) is 11.9 Å². The number of rotatable bonds is 10. The number of nitrogens with one attached hydrogen (secondary N) is 2. The molecule has 0 spiro atoms. The number of benzene rings is 2. The minimum atomic E-state index is -1.01. The van der Waals surface area contributed by atoms with Crippen LogP contribution in [0, 0.1) is 5.41 Å². The Bertz CT molecular complexity index is 804. The molecule has 2 atom stereocenters. The quantitative estimate of drug-likeness (QED) is 0.374. The summed E-state index contributed by atoms with van der Waals surface area (Å²) in [5, 5.41) is 19.6. The molecule has 0 aliphatic carbocycles. The van der Waals surface area contributed by atoms with Crippen LogP contribution in [0.25, 0.3) is 0 Å². The molecule has 0 radical (unpaired) electrons. The predicted octanol–water partition coefficient (Wildman–Crippen LogP) is 3.06. The topological polar surface area (TPSA) is 116 Å². The third-order valence-electron chi connectivity index (χ3n) is 4.68. The van der Waals surface area contributed by atoms with Crippen LogP contribution in [0.1, 0.15) is 48.8 Å². The Morgan fingerprint density at radius 3 is 2.29 bits per heavy atom. The van der Waals surface area contributed by atoms with E-state index >= 15 is 0 Å². The van der Waals surface area contributed by atoms with E-state index in [9.17, 15) is 14.7 Å². The number of nitrogens with two attached hydrogens (primary N) is 1. The van der Waals surface area contributed by atoms with Gasteiger partial charge in [-0.3, -0.25) is 10.2 Å². The van der Waals surface area contributed by atoms with Gasteiger partial charge in [-0.2, -0.15) is 0 Å². The average Bonchev–Trinajstić information content (AvgIpc) is 2.69. The van der Waals surface area contributed by atoms with Crippen molar-refractivity contribution in [1.29, 1.82) is 5.41 Å². The van der Waals surface area contributed by atoms with E-state index < -0.39 is 17.9 Å². The Labute approximate surface area is 165 Å². The van der Waals surface area contributed by atoms with Crippen LogP contribution in [0.4, 0.5) is 0 Å². The molecule has 0 aliphatic heterocycles. The number of amides is 1. The number of hydrogen-bond donors (Lipinski definition) is 4. The van der Waals surface area contributed by atoms with E-state index in [4.69, 9.17) is 11.1 Å². The van der Waals surface area contributed by atoms with Crippen LogP contribution in [-0.4, -0.2) is 28.9 Å². The van der Waals surface area contributed by atoms with Gasteiger partial charge in [0, 0.05) is 5.56 Å². The number of hydrogen-bond acceptors (Lipinski definition) is 3. The highest BCUT2D eigenvalue weighted by Crippen LogP contribution is 2.22. The summed E-state index contributed by atoms with van der Waals surface area (Å²) in [6, 6.07) is 15.6. The maximum atomic E-state index is 13.0. The number of carbonyl (C=O) groups excluding carboxylic acids is 1. The molecule has 0 saturated carbocycles. The Morgan fingerprint density at radius 1 is 1.11 bits per heavy atom. The summed E-state index contributed by atoms with van der Waals surface area (Å²) < 4.78 is 0. The van der Waals surface area contributed by atoms with E-state index in [1.165, 1.54) is 0 Å². The van der Waals surface area contributed by atoms with Crippen LogP contribution in [0.2, 0.25) is 0 Å². The normalized spacial score (nSPS) is 12.8. The molecule has 0 bridgehead atoms. The molecular formula is C22H27N3O3. The van der Waals surface area contributed by atoms with Crippen LogP contribution >= 0.6 is 0 Å². The molecule has 0 aliphatic rings. The minimum Gasteiger partial charge on any atom is -0.480 e. The number of amidine groups is 1. The van der Waals surface area contributed by atoms with Crippen molar-refractivity contribution < 1.29 is 14.7 Å². The predicted molar refractivity (Wildman–Crippen MR) is 109 cm³/mol. The monoisotopic (exact) mass is 381 g/mol. The first-order valence-electron chi connectivity index (χ1n) is 9.43. The fourth-order valence-electron chi connectivity index (χ4n) is 3.04. The maximum Gasteiger partial charge on any atom is 0.326 e. The average molecular weight is 381 g/mol. The van der Waals surface area contributed by atoms with Crippen molar-refractivity contribution in [2.75, 3.05) is 0 Å². The number of nitrogen functional groups attached to an aromatic ring is 1. The van der Waals surface area contributed by atoms with Crippen molar-refractivity contribution in [3.63, 3.8) is 0 Å². The van der Waals surface area contributed by atoms with Gasteiger partial charge < -0.3 is 16.2 Å². The third-order valence-corrected chi connectivity index (χ3v) is 4.68. The van der Waals surface area contributed by atoms with E-state index in [-0.39, 0.29) is 11.7 Å². The van der Waals surface area contributed by atoms with Gasteiger partial charge in [0.25, 0.3) is 0 Å². The smallest absolute Gasteiger partial charge is 0.326 e. The van der Waals surface area contributed by atoms with Crippen LogP contribution in [0.15, 0.2) is 54.6 Å². The molecule has 6 heteroatoms. The first-order valence-corrected chi connectivity index (χ1v) is 9.43. The number of aliphatic carboxylic acids is 1. The summed E-state index contributed by atoms with van der Waals surface area (Å²) in [6.45, 7) is 1.98. The summed E-state index contributed by atoms with van der Waals surface area (Å²) in [7, 11) is 0. The second kappa shape index (κ2) is 10.3. The maximum absolute atomic E-state index is 13.0. The summed E-state index contributed by atoms with van der Waals surface area (Å²) >= 11 is 0. The first kappa shape index (κ1) is 21.2. The van der Waals surface area contributed by atoms with Gasteiger partial charge in [-0.25, -0.2) is 4.79 Å². The highest BCUT2D eigenvalue weighted by molar-refractivity contribution is 5.95. The zero-order valence-electron chi connectivity index (χ0n) is 16.0. The lowest BCUT2D eigenvalue weighted by atomic mass is 9.90. The van der Waals surface area contributed by atoms with Gasteiger partial charge in [-0.05, 0) is 24.0 Å². The lowest BCUT2D eigenvalue weighted by molar-refractivity contribution is -0.142.